The second-order valence-electron chi connectivity index (χ2n) is 7.77. The van der Waals surface area contributed by atoms with Crippen LogP contribution < -0.4 is 5.32 Å². The van der Waals surface area contributed by atoms with Gasteiger partial charge in [-0.1, -0.05) is 30.3 Å². The zero-order valence-electron chi connectivity index (χ0n) is 15.4. The highest BCUT2D eigenvalue weighted by atomic mass is 16.6. The van der Waals surface area contributed by atoms with Crippen LogP contribution in [0.5, 0.6) is 0 Å². The van der Waals surface area contributed by atoms with E-state index in [1.54, 1.807) is 24.3 Å². The van der Waals surface area contributed by atoms with Gasteiger partial charge in [0.05, 0.1) is 16.9 Å². The van der Waals surface area contributed by atoms with Crippen LogP contribution in [-0.2, 0) is 10.3 Å². The zero-order chi connectivity index (χ0) is 20.3. The van der Waals surface area contributed by atoms with E-state index in [1.165, 1.54) is 18.2 Å². The topological polar surface area (TPSA) is 119 Å². The summed E-state index contributed by atoms with van der Waals surface area (Å²) in [6.45, 7) is 0.536. The lowest BCUT2D eigenvalue weighted by atomic mass is 9.73. The zero-order valence-corrected chi connectivity index (χ0v) is 15.4. The number of fused-ring (bicyclic) bond motifs is 4. The van der Waals surface area contributed by atoms with Crippen LogP contribution in [0.4, 0.5) is 11.4 Å². The third kappa shape index (κ3) is 2.21. The van der Waals surface area contributed by atoms with Crippen LogP contribution in [0, 0.1) is 20.2 Å². The van der Waals surface area contributed by atoms with Crippen molar-refractivity contribution in [2.24, 2.45) is 0 Å². The molecule has 1 N–H and O–H groups in total. The van der Waals surface area contributed by atoms with Crippen molar-refractivity contribution >= 4 is 17.3 Å². The van der Waals surface area contributed by atoms with Crippen molar-refractivity contribution in [1.29, 1.82) is 0 Å². The summed E-state index contributed by atoms with van der Waals surface area (Å²) in [5.74, 6) is -1.09. The van der Waals surface area contributed by atoms with Gasteiger partial charge >= 0.3 is 0 Å². The summed E-state index contributed by atoms with van der Waals surface area (Å²) in [5.41, 5.74) is 0.171. The van der Waals surface area contributed by atoms with E-state index >= 15 is 0 Å². The van der Waals surface area contributed by atoms with Gasteiger partial charge in [0, 0.05) is 34.9 Å². The predicted molar refractivity (Wildman–Crippen MR) is 103 cm³/mol. The Labute approximate surface area is 165 Å². The van der Waals surface area contributed by atoms with Crippen LogP contribution in [0.2, 0.25) is 0 Å². The van der Waals surface area contributed by atoms with Crippen molar-refractivity contribution in [3.8, 4) is 0 Å². The van der Waals surface area contributed by atoms with E-state index in [0.29, 0.717) is 29.8 Å². The molecule has 3 aliphatic heterocycles. The van der Waals surface area contributed by atoms with Gasteiger partial charge in [-0.15, -0.1) is 0 Å². The number of hydrogen-bond acceptors (Lipinski definition) is 6. The third-order valence-corrected chi connectivity index (χ3v) is 6.56. The molecule has 9 nitrogen and oxygen atoms in total. The number of rotatable bonds is 3. The Balaban J connectivity index is 1.82. The van der Waals surface area contributed by atoms with Crippen molar-refractivity contribution in [3.63, 3.8) is 0 Å². The van der Waals surface area contributed by atoms with Gasteiger partial charge in [0.1, 0.15) is 5.54 Å². The number of nitro groups is 2. The molecule has 0 bridgehead atoms. The van der Waals surface area contributed by atoms with E-state index in [4.69, 9.17) is 0 Å². The number of hydrogen-bond donors (Lipinski definition) is 1. The minimum Gasteiger partial charge on any atom is -0.324 e. The van der Waals surface area contributed by atoms with Gasteiger partial charge in [0.25, 0.3) is 11.6 Å². The quantitative estimate of drug-likeness (QED) is 0.631. The molecule has 2 saturated heterocycles. The fourth-order valence-electron chi connectivity index (χ4n) is 5.60. The van der Waals surface area contributed by atoms with Crippen LogP contribution in [0.25, 0.3) is 0 Å². The van der Waals surface area contributed by atoms with Crippen LogP contribution in [-0.4, -0.2) is 39.3 Å². The van der Waals surface area contributed by atoms with Gasteiger partial charge in [-0.2, -0.15) is 0 Å². The predicted octanol–water partition coefficient (Wildman–Crippen LogP) is 2.65. The fraction of sp³-hybridized carbons (Fsp3) is 0.350. The summed E-state index contributed by atoms with van der Waals surface area (Å²) in [6.07, 6.45) is 1.37. The van der Waals surface area contributed by atoms with Crippen LogP contribution in [0.3, 0.4) is 0 Å². The molecule has 4 atom stereocenters. The van der Waals surface area contributed by atoms with E-state index < -0.39 is 28.5 Å². The number of nitrogens with zero attached hydrogens (tertiary/aromatic N) is 3. The monoisotopic (exact) mass is 394 g/mol. The lowest BCUT2D eigenvalue weighted by Crippen LogP contribution is -2.50. The SMILES string of the molecule is O=C1Nc2ccc([N+](=O)[O-])cc2C12C(c1ccccc1)C([N+](=O)[O-])C1CCCN12. The van der Waals surface area contributed by atoms with Crippen molar-refractivity contribution < 1.29 is 14.6 Å². The largest absolute Gasteiger partial charge is 0.324 e. The number of carbonyl (C=O) groups excluding carboxylic acids is 1. The molecular formula is C20H18N4O5. The maximum atomic E-state index is 13.5. The highest BCUT2D eigenvalue weighted by Gasteiger charge is 2.71. The molecule has 4 unspecified atom stereocenters. The molecule has 29 heavy (non-hydrogen) atoms. The second kappa shape index (κ2) is 6.08. The van der Waals surface area contributed by atoms with Crippen molar-refractivity contribution in [2.45, 2.75) is 36.4 Å². The summed E-state index contributed by atoms with van der Waals surface area (Å²) in [5, 5.41) is 26.5. The number of benzene rings is 2. The summed E-state index contributed by atoms with van der Waals surface area (Å²) in [4.78, 5) is 38.2. The van der Waals surface area contributed by atoms with Crippen molar-refractivity contribution in [3.05, 3.63) is 79.9 Å². The molecule has 2 fully saturated rings. The molecule has 0 saturated carbocycles. The van der Waals surface area contributed by atoms with Gasteiger partial charge in [-0.3, -0.25) is 29.9 Å². The summed E-state index contributed by atoms with van der Waals surface area (Å²) < 4.78 is 0. The van der Waals surface area contributed by atoms with E-state index in [-0.39, 0.29) is 16.5 Å². The maximum Gasteiger partial charge on any atom is 0.269 e. The first-order chi connectivity index (χ1) is 14.0. The lowest BCUT2D eigenvalue weighted by Gasteiger charge is -2.36. The average molecular weight is 394 g/mol. The highest BCUT2D eigenvalue weighted by Crippen LogP contribution is 2.59. The van der Waals surface area contributed by atoms with E-state index in [2.05, 4.69) is 5.32 Å². The van der Waals surface area contributed by atoms with Crippen LogP contribution >= 0.6 is 0 Å². The maximum absolute atomic E-state index is 13.5. The highest BCUT2D eigenvalue weighted by molar-refractivity contribution is 6.07. The Bertz CT molecular complexity index is 1040. The molecule has 2 aromatic carbocycles. The number of non-ortho nitro benzene ring substituents is 1. The molecule has 1 amide bonds. The van der Waals surface area contributed by atoms with E-state index in [9.17, 15) is 25.0 Å². The summed E-state index contributed by atoms with van der Waals surface area (Å²) >= 11 is 0. The molecule has 0 radical (unpaired) electrons. The van der Waals surface area contributed by atoms with Crippen molar-refractivity contribution in [2.75, 3.05) is 11.9 Å². The molecular weight excluding hydrogens is 376 g/mol. The van der Waals surface area contributed by atoms with E-state index in [0.717, 1.165) is 6.42 Å². The Morgan fingerprint density at radius 3 is 2.55 bits per heavy atom. The number of carbonyl (C=O) groups is 1. The molecule has 3 heterocycles. The number of amides is 1. The Kier molecular flexibility index (Phi) is 3.72. The first kappa shape index (κ1) is 17.7. The smallest absolute Gasteiger partial charge is 0.269 e. The third-order valence-electron chi connectivity index (χ3n) is 6.56. The number of anilines is 1. The van der Waals surface area contributed by atoms with Crippen LogP contribution in [0.15, 0.2) is 48.5 Å². The Hall–Kier alpha value is -3.33. The first-order valence-electron chi connectivity index (χ1n) is 9.52. The molecule has 5 rings (SSSR count). The molecule has 148 valence electrons. The molecule has 2 aromatic rings. The minimum absolute atomic E-state index is 0.133. The van der Waals surface area contributed by atoms with Gasteiger partial charge < -0.3 is 5.32 Å². The Morgan fingerprint density at radius 2 is 1.86 bits per heavy atom. The van der Waals surface area contributed by atoms with Crippen LogP contribution in [0.1, 0.15) is 29.9 Å². The van der Waals surface area contributed by atoms with Gasteiger partial charge in [0.2, 0.25) is 6.04 Å². The molecule has 3 aliphatic rings. The fourth-order valence-corrected chi connectivity index (χ4v) is 5.60. The molecule has 9 heteroatoms. The van der Waals surface area contributed by atoms with Gasteiger partial charge in [0.15, 0.2) is 0 Å². The molecule has 0 aromatic heterocycles. The van der Waals surface area contributed by atoms with Gasteiger partial charge in [-0.25, -0.2) is 0 Å². The van der Waals surface area contributed by atoms with Gasteiger partial charge in [-0.05, 0) is 24.5 Å². The van der Waals surface area contributed by atoms with E-state index in [1.807, 2.05) is 11.0 Å². The standard InChI is InChI=1S/C20H18N4O5/c25-19-20(14-11-13(23(26)27)8-9-15(14)21-19)17(12-5-2-1-3-6-12)18(24(28)29)16-7-4-10-22(16)20/h1-3,5-6,8-9,11,16-18H,4,7,10H2,(H,21,25). The molecule has 0 aliphatic carbocycles. The molecule has 1 spiro atoms. The lowest BCUT2D eigenvalue weighted by molar-refractivity contribution is -0.527. The normalized spacial score (nSPS) is 30.2. The first-order valence-corrected chi connectivity index (χ1v) is 9.52. The average Bonchev–Trinajstić information content (AvgIpc) is 3.35. The number of nitro benzene ring substituents is 1. The summed E-state index contributed by atoms with van der Waals surface area (Å²) in [7, 11) is 0. The Morgan fingerprint density at radius 1 is 1.10 bits per heavy atom. The minimum atomic E-state index is -1.33. The van der Waals surface area contributed by atoms with Crippen molar-refractivity contribution in [1.82, 2.24) is 4.90 Å². The number of nitrogens with one attached hydrogen (secondary N) is 1. The second-order valence-corrected chi connectivity index (χ2v) is 7.77. The summed E-state index contributed by atoms with van der Waals surface area (Å²) in [6, 6.07) is 11.9.